The largest absolute Gasteiger partial charge is 0.320 e. The summed E-state index contributed by atoms with van der Waals surface area (Å²) in [6.07, 6.45) is -1.79. The first-order valence-corrected chi connectivity index (χ1v) is 8.41. The molecule has 0 fully saturated rings. The van der Waals surface area contributed by atoms with Gasteiger partial charge in [-0.25, -0.2) is 13.2 Å². The quantitative estimate of drug-likeness (QED) is 0.555. The average Bonchev–Trinajstić information content (AvgIpc) is 3.05. The SMILES string of the molecule is Cn1cc(C(=O)Nc2c(-c3ccccc3)cc(Cl)c(F)c2Cl)c(C(F)F)n1. The number of aromatic nitrogens is 2. The van der Waals surface area contributed by atoms with E-state index in [1.165, 1.54) is 13.1 Å². The van der Waals surface area contributed by atoms with Gasteiger partial charge in [0.1, 0.15) is 10.7 Å². The van der Waals surface area contributed by atoms with Gasteiger partial charge in [0, 0.05) is 18.8 Å². The summed E-state index contributed by atoms with van der Waals surface area (Å²) in [5.74, 6) is -1.81. The molecule has 1 aromatic heterocycles. The van der Waals surface area contributed by atoms with Crippen LogP contribution in [-0.4, -0.2) is 15.7 Å². The van der Waals surface area contributed by atoms with Gasteiger partial charge in [0.25, 0.3) is 12.3 Å². The molecular formula is C18H12Cl2F3N3O. The van der Waals surface area contributed by atoms with E-state index < -0.39 is 28.9 Å². The molecule has 3 aromatic rings. The van der Waals surface area contributed by atoms with Crippen molar-refractivity contribution in [3.63, 3.8) is 0 Å². The first kappa shape index (κ1) is 19.3. The molecule has 3 rings (SSSR count). The maximum atomic E-state index is 14.2. The summed E-state index contributed by atoms with van der Waals surface area (Å²) in [5, 5.41) is 5.35. The lowest BCUT2D eigenvalue weighted by atomic mass is 10.0. The van der Waals surface area contributed by atoms with Gasteiger partial charge in [-0.15, -0.1) is 0 Å². The molecule has 9 heteroatoms. The molecule has 2 aromatic carbocycles. The molecule has 0 spiro atoms. The van der Waals surface area contributed by atoms with E-state index >= 15 is 0 Å². The van der Waals surface area contributed by atoms with E-state index in [1.54, 1.807) is 30.3 Å². The minimum absolute atomic E-state index is 0.0705. The van der Waals surface area contributed by atoms with Crippen LogP contribution in [0.4, 0.5) is 18.9 Å². The standard InChI is InChI=1S/C18H12Cl2F3N3O/c1-26-8-11(16(25-26)17(22)23)18(27)24-15-10(9-5-3-2-4-6-9)7-12(19)14(21)13(15)20/h2-8,17H,1H3,(H,24,27). The molecule has 0 unspecified atom stereocenters. The van der Waals surface area contributed by atoms with Crippen molar-refractivity contribution in [2.45, 2.75) is 6.43 Å². The number of rotatable bonds is 4. The Morgan fingerprint density at radius 2 is 1.89 bits per heavy atom. The summed E-state index contributed by atoms with van der Waals surface area (Å²) >= 11 is 11.9. The van der Waals surface area contributed by atoms with Crippen LogP contribution in [0.2, 0.25) is 10.0 Å². The minimum atomic E-state index is -2.95. The van der Waals surface area contributed by atoms with Crippen molar-refractivity contribution in [3.8, 4) is 11.1 Å². The van der Waals surface area contributed by atoms with Crippen molar-refractivity contribution >= 4 is 34.8 Å². The number of carbonyl (C=O) groups excluding carboxylic acids is 1. The van der Waals surface area contributed by atoms with Crippen molar-refractivity contribution < 1.29 is 18.0 Å². The van der Waals surface area contributed by atoms with Gasteiger partial charge >= 0.3 is 0 Å². The van der Waals surface area contributed by atoms with E-state index in [0.717, 1.165) is 10.9 Å². The second-order valence-electron chi connectivity index (χ2n) is 5.63. The molecule has 1 heterocycles. The predicted molar refractivity (Wildman–Crippen MR) is 98.0 cm³/mol. The molecule has 27 heavy (non-hydrogen) atoms. The Morgan fingerprint density at radius 3 is 2.52 bits per heavy atom. The highest BCUT2D eigenvalue weighted by atomic mass is 35.5. The van der Waals surface area contributed by atoms with Crippen molar-refractivity contribution in [1.82, 2.24) is 9.78 Å². The number of carbonyl (C=O) groups is 1. The second kappa shape index (κ2) is 7.62. The van der Waals surface area contributed by atoms with Gasteiger partial charge < -0.3 is 5.32 Å². The lowest BCUT2D eigenvalue weighted by Crippen LogP contribution is -2.15. The van der Waals surface area contributed by atoms with Gasteiger partial charge in [-0.3, -0.25) is 9.48 Å². The van der Waals surface area contributed by atoms with E-state index in [-0.39, 0.29) is 16.3 Å². The van der Waals surface area contributed by atoms with Crippen LogP contribution in [-0.2, 0) is 7.05 Å². The third-order valence-electron chi connectivity index (χ3n) is 3.79. The molecule has 0 aliphatic rings. The Labute approximate surface area is 162 Å². The molecule has 140 valence electrons. The molecule has 1 amide bonds. The highest BCUT2D eigenvalue weighted by molar-refractivity contribution is 6.38. The van der Waals surface area contributed by atoms with Gasteiger partial charge in [-0.05, 0) is 11.6 Å². The van der Waals surface area contributed by atoms with Crippen LogP contribution in [0.15, 0.2) is 42.6 Å². The minimum Gasteiger partial charge on any atom is -0.320 e. The first-order valence-electron chi connectivity index (χ1n) is 7.65. The molecule has 0 saturated carbocycles. The number of aryl methyl sites for hydroxylation is 1. The van der Waals surface area contributed by atoms with Crippen molar-refractivity contribution in [2.75, 3.05) is 5.32 Å². The number of alkyl halides is 2. The van der Waals surface area contributed by atoms with Crippen LogP contribution in [0.25, 0.3) is 11.1 Å². The molecule has 0 bridgehead atoms. The molecule has 1 N–H and O–H groups in total. The van der Waals surface area contributed by atoms with Crippen LogP contribution >= 0.6 is 23.2 Å². The van der Waals surface area contributed by atoms with Crippen LogP contribution < -0.4 is 5.32 Å². The predicted octanol–water partition coefficient (Wildman–Crippen LogP) is 5.72. The molecule has 0 aliphatic heterocycles. The van der Waals surface area contributed by atoms with Crippen molar-refractivity contribution in [3.05, 3.63) is 69.7 Å². The fraction of sp³-hybridized carbons (Fsp3) is 0.111. The van der Waals surface area contributed by atoms with Crippen molar-refractivity contribution in [1.29, 1.82) is 0 Å². The summed E-state index contributed by atoms with van der Waals surface area (Å²) in [4.78, 5) is 12.6. The molecule has 0 saturated heterocycles. The van der Waals surface area contributed by atoms with Crippen LogP contribution in [0.5, 0.6) is 0 Å². The molecule has 0 atom stereocenters. The van der Waals surface area contributed by atoms with Gasteiger partial charge in [0.05, 0.1) is 16.3 Å². The zero-order valence-electron chi connectivity index (χ0n) is 13.8. The number of anilines is 1. The highest BCUT2D eigenvalue weighted by Crippen LogP contribution is 2.40. The number of hydrogen-bond donors (Lipinski definition) is 1. The lowest BCUT2D eigenvalue weighted by Gasteiger charge is -2.15. The van der Waals surface area contributed by atoms with Gasteiger partial charge in [0.15, 0.2) is 5.82 Å². The lowest BCUT2D eigenvalue weighted by molar-refractivity contribution is 0.101. The summed E-state index contributed by atoms with van der Waals surface area (Å²) in [7, 11) is 1.41. The van der Waals surface area contributed by atoms with E-state index in [0.29, 0.717) is 11.1 Å². The Morgan fingerprint density at radius 1 is 1.22 bits per heavy atom. The highest BCUT2D eigenvalue weighted by Gasteiger charge is 2.25. The third kappa shape index (κ3) is 3.79. The number of hydrogen-bond acceptors (Lipinski definition) is 2. The maximum absolute atomic E-state index is 14.2. The molecule has 0 aliphatic carbocycles. The van der Waals surface area contributed by atoms with Crippen molar-refractivity contribution in [2.24, 2.45) is 7.05 Å². The average molecular weight is 414 g/mol. The molecule has 4 nitrogen and oxygen atoms in total. The number of nitrogens with one attached hydrogen (secondary N) is 1. The second-order valence-corrected chi connectivity index (χ2v) is 6.42. The molecular weight excluding hydrogens is 402 g/mol. The maximum Gasteiger partial charge on any atom is 0.282 e. The van der Waals surface area contributed by atoms with Gasteiger partial charge in [-0.2, -0.15) is 5.10 Å². The van der Waals surface area contributed by atoms with Gasteiger partial charge in [0.2, 0.25) is 0 Å². The fourth-order valence-electron chi connectivity index (χ4n) is 2.59. The zero-order valence-corrected chi connectivity index (χ0v) is 15.3. The topological polar surface area (TPSA) is 46.9 Å². The Balaban J connectivity index is 2.09. The monoisotopic (exact) mass is 413 g/mol. The van der Waals surface area contributed by atoms with Crippen LogP contribution in [0.3, 0.4) is 0 Å². The van der Waals surface area contributed by atoms with Crippen LogP contribution in [0, 0.1) is 5.82 Å². The summed E-state index contributed by atoms with van der Waals surface area (Å²) in [5.41, 5.74) is -0.127. The number of benzene rings is 2. The number of amides is 1. The Bertz CT molecular complexity index is 1010. The Hall–Kier alpha value is -2.51. The third-order valence-corrected chi connectivity index (χ3v) is 4.42. The fourth-order valence-corrected chi connectivity index (χ4v) is 3.09. The smallest absolute Gasteiger partial charge is 0.282 e. The molecule has 0 radical (unpaired) electrons. The summed E-state index contributed by atoms with van der Waals surface area (Å²) < 4.78 is 41.5. The van der Waals surface area contributed by atoms with E-state index in [9.17, 15) is 18.0 Å². The van der Waals surface area contributed by atoms with E-state index in [1.807, 2.05) is 0 Å². The first-order chi connectivity index (χ1) is 12.8. The summed E-state index contributed by atoms with van der Waals surface area (Å²) in [6, 6.07) is 9.99. The van der Waals surface area contributed by atoms with E-state index in [4.69, 9.17) is 23.2 Å². The normalized spacial score (nSPS) is 11.1. The number of nitrogens with zero attached hydrogens (tertiary/aromatic N) is 2. The Kier molecular flexibility index (Phi) is 5.43. The van der Waals surface area contributed by atoms with E-state index in [2.05, 4.69) is 10.4 Å². The summed E-state index contributed by atoms with van der Waals surface area (Å²) in [6.45, 7) is 0. The van der Waals surface area contributed by atoms with Gasteiger partial charge in [-0.1, -0.05) is 53.5 Å². The number of halogens is 5. The zero-order chi connectivity index (χ0) is 19.7. The van der Waals surface area contributed by atoms with Crippen LogP contribution in [0.1, 0.15) is 22.5 Å².